The number of benzene rings is 1. The topological polar surface area (TPSA) is 40.7 Å². The lowest BCUT2D eigenvalue weighted by Gasteiger charge is -2.21. The lowest BCUT2D eigenvalue weighted by atomic mass is 9.93. The minimum absolute atomic E-state index is 0. The van der Waals surface area contributed by atoms with Gasteiger partial charge in [0.05, 0.1) is 11.2 Å². The summed E-state index contributed by atoms with van der Waals surface area (Å²) in [5, 5.41) is 11.7. The van der Waals surface area contributed by atoms with E-state index < -0.39 is 0 Å². The van der Waals surface area contributed by atoms with Gasteiger partial charge in [-0.1, -0.05) is 0 Å². The molecule has 1 aromatic carbocycles. The number of aromatic amines is 1. The van der Waals surface area contributed by atoms with Crippen LogP contribution in [0.5, 0.6) is 0 Å². The van der Waals surface area contributed by atoms with E-state index in [0.717, 1.165) is 42.5 Å². The molecular weight excluding hydrogens is 276 g/mol. The number of hydrogen-bond acceptors (Lipinski definition) is 2. The monoisotopic (exact) mass is 291 g/mol. The van der Waals surface area contributed by atoms with Gasteiger partial charge in [0, 0.05) is 11.3 Å². The molecule has 0 amide bonds. The molecule has 1 aliphatic rings. The maximum Gasteiger partial charge on any atom is 0.125 e. The normalized spacial score (nSPS) is 16.1. The van der Waals surface area contributed by atoms with Crippen LogP contribution in [-0.2, 0) is 0 Å². The molecule has 0 radical (unpaired) electrons. The molecule has 18 heavy (non-hydrogen) atoms. The van der Waals surface area contributed by atoms with Gasteiger partial charge in [0.1, 0.15) is 5.82 Å². The van der Waals surface area contributed by atoms with Gasteiger partial charge in [-0.2, -0.15) is 5.10 Å². The molecule has 2 heterocycles. The molecule has 2 N–H and O–H groups in total. The Morgan fingerprint density at radius 1 is 1.17 bits per heavy atom. The van der Waals surface area contributed by atoms with E-state index in [4.69, 9.17) is 0 Å². The number of piperidine rings is 1. The third-order valence-electron chi connectivity index (χ3n) is 3.28. The molecule has 0 unspecified atom stereocenters. The molecule has 0 spiro atoms. The number of aromatic nitrogens is 2. The van der Waals surface area contributed by atoms with Crippen molar-refractivity contribution in [1.29, 1.82) is 0 Å². The molecule has 1 fully saturated rings. The van der Waals surface area contributed by atoms with E-state index in [1.165, 1.54) is 12.1 Å². The van der Waals surface area contributed by atoms with Gasteiger partial charge in [0.25, 0.3) is 0 Å². The molecule has 1 aliphatic heterocycles. The summed E-state index contributed by atoms with van der Waals surface area (Å²) in [6.07, 6.45) is 2.22. The number of halogens is 3. The van der Waals surface area contributed by atoms with Crippen LogP contribution in [0.3, 0.4) is 0 Å². The van der Waals surface area contributed by atoms with Gasteiger partial charge in [-0.15, -0.1) is 24.8 Å². The van der Waals surface area contributed by atoms with E-state index in [2.05, 4.69) is 15.5 Å². The van der Waals surface area contributed by atoms with Crippen molar-refractivity contribution in [2.24, 2.45) is 0 Å². The highest BCUT2D eigenvalue weighted by atomic mass is 35.5. The summed E-state index contributed by atoms with van der Waals surface area (Å²) in [6.45, 7) is 2.08. The van der Waals surface area contributed by atoms with Gasteiger partial charge in [-0.3, -0.25) is 5.10 Å². The van der Waals surface area contributed by atoms with E-state index in [1.54, 1.807) is 0 Å². The van der Waals surface area contributed by atoms with Crippen LogP contribution in [0.2, 0.25) is 0 Å². The number of rotatable bonds is 1. The second-order valence-corrected chi connectivity index (χ2v) is 4.32. The first-order valence-electron chi connectivity index (χ1n) is 5.69. The number of nitrogens with one attached hydrogen (secondary N) is 2. The zero-order chi connectivity index (χ0) is 11.0. The van der Waals surface area contributed by atoms with Gasteiger partial charge in [0.2, 0.25) is 0 Å². The minimum Gasteiger partial charge on any atom is -0.317 e. The van der Waals surface area contributed by atoms with Crippen LogP contribution < -0.4 is 5.32 Å². The lowest BCUT2D eigenvalue weighted by molar-refractivity contribution is 0.454. The van der Waals surface area contributed by atoms with Crippen LogP contribution in [0.4, 0.5) is 4.39 Å². The Bertz CT molecular complexity index is 509. The summed E-state index contributed by atoms with van der Waals surface area (Å²) in [6, 6.07) is 4.83. The van der Waals surface area contributed by atoms with Gasteiger partial charge in [-0.05, 0) is 44.1 Å². The average molecular weight is 292 g/mol. The summed E-state index contributed by atoms with van der Waals surface area (Å²) in [4.78, 5) is 0. The van der Waals surface area contributed by atoms with E-state index in [0.29, 0.717) is 5.92 Å². The number of fused-ring (bicyclic) bond motifs is 1. The second-order valence-electron chi connectivity index (χ2n) is 4.32. The summed E-state index contributed by atoms with van der Waals surface area (Å²) in [5.74, 6) is 0.286. The van der Waals surface area contributed by atoms with Crippen molar-refractivity contribution in [1.82, 2.24) is 15.5 Å². The van der Waals surface area contributed by atoms with E-state index >= 15 is 0 Å². The first-order valence-corrected chi connectivity index (χ1v) is 5.69. The Kier molecular flexibility index (Phi) is 5.38. The second kappa shape index (κ2) is 6.36. The first kappa shape index (κ1) is 15.2. The van der Waals surface area contributed by atoms with Crippen LogP contribution in [0.25, 0.3) is 10.9 Å². The lowest BCUT2D eigenvalue weighted by Crippen LogP contribution is -2.26. The SMILES string of the molecule is Cl.Cl.Fc1ccc2c(C3CCNCC3)n[nH]c2c1. The highest BCUT2D eigenvalue weighted by Gasteiger charge is 2.19. The molecule has 3 rings (SSSR count). The Morgan fingerprint density at radius 3 is 2.61 bits per heavy atom. The highest BCUT2D eigenvalue weighted by Crippen LogP contribution is 2.29. The summed E-state index contributed by atoms with van der Waals surface area (Å²) < 4.78 is 13.0. The average Bonchev–Trinajstić information content (AvgIpc) is 2.73. The number of nitrogens with zero attached hydrogens (tertiary/aromatic N) is 1. The van der Waals surface area contributed by atoms with Crippen LogP contribution in [0.1, 0.15) is 24.5 Å². The van der Waals surface area contributed by atoms with Crippen LogP contribution in [0, 0.1) is 5.82 Å². The van der Waals surface area contributed by atoms with Crippen molar-refractivity contribution in [3.05, 3.63) is 29.7 Å². The maximum absolute atomic E-state index is 13.0. The van der Waals surface area contributed by atoms with Gasteiger partial charge < -0.3 is 5.32 Å². The summed E-state index contributed by atoms with van der Waals surface area (Å²) in [5.41, 5.74) is 1.89. The van der Waals surface area contributed by atoms with Crippen molar-refractivity contribution >= 4 is 35.7 Å². The van der Waals surface area contributed by atoms with E-state index in [1.807, 2.05) is 6.07 Å². The van der Waals surface area contributed by atoms with Crippen molar-refractivity contribution in [3.8, 4) is 0 Å². The minimum atomic E-state index is -0.215. The fraction of sp³-hybridized carbons (Fsp3) is 0.417. The fourth-order valence-electron chi connectivity index (χ4n) is 2.42. The molecule has 1 aromatic heterocycles. The number of hydrogen-bond donors (Lipinski definition) is 2. The predicted molar refractivity (Wildman–Crippen MR) is 75.4 cm³/mol. The summed E-state index contributed by atoms with van der Waals surface area (Å²) >= 11 is 0. The Labute approximate surface area is 117 Å². The van der Waals surface area contributed by atoms with Crippen molar-refractivity contribution in [2.75, 3.05) is 13.1 Å². The fourth-order valence-corrected chi connectivity index (χ4v) is 2.42. The molecule has 3 nitrogen and oxygen atoms in total. The Hall–Kier alpha value is -0.840. The molecule has 0 bridgehead atoms. The largest absolute Gasteiger partial charge is 0.317 e. The first-order chi connectivity index (χ1) is 7.84. The standard InChI is InChI=1S/C12H14FN3.2ClH/c13-9-1-2-10-11(7-9)15-16-12(10)8-3-5-14-6-4-8;;/h1-2,7-8,14H,3-6H2,(H,15,16);2*1H. The molecule has 0 saturated carbocycles. The van der Waals surface area contributed by atoms with Gasteiger partial charge in [0.15, 0.2) is 0 Å². The third kappa shape index (κ3) is 2.76. The molecule has 0 aliphatic carbocycles. The number of H-pyrrole nitrogens is 1. The zero-order valence-electron chi connectivity index (χ0n) is 9.78. The maximum atomic E-state index is 13.0. The molecular formula is C12H16Cl2FN3. The van der Waals surface area contributed by atoms with Crippen molar-refractivity contribution < 1.29 is 4.39 Å². The van der Waals surface area contributed by atoms with Crippen LogP contribution in [-0.4, -0.2) is 23.3 Å². The molecule has 2 aromatic rings. The Morgan fingerprint density at radius 2 is 1.89 bits per heavy atom. The molecule has 100 valence electrons. The smallest absolute Gasteiger partial charge is 0.125 e. The van der Waals surface area contributed by atoms with E-state index in [9.17, 15) is 4.39 Å². The van der Waals surface area contributed by atoms with Crippen LogP contribution >= 0.6 is 24.8 Å². The zero-order valence-corrected chi connectivity index (χ0v) is 11.4. The van der Waals surface area contributed by atoms with Crippen molar-refractivity contribution in [2.45, 2.75) is 18.8 Å². The van der Waals surface area contributed by atoms with Gasteiger partial charge in [-0.25, -0.2) is 4.39 Å². The van der Waals surface area contributed by atoms with E-state index in [-0.39, 0.29) is 30.6 Å². The van der Waals surface area contributed by atoms with Gasteiger partial charge >= 0.3 is 0 Å². The summed E-state index contributed by atoms with van der Waals surface area (Å²) in [7, 11) is 0. The van der Waals surface area contributed by atoms with Crippen molar-refractivity contribution in [3.63, 3.8) is 0 Å². The Balaban J connectivity index is 0.000000810. The molecule has 6 heteroatoms. The van der Waals surface area contributed by atoms with Crippen LogP contribution in [0.15, 0.2) is 18.2 Å². The molecule has 0 atom stereocenters. The molecule has 1 saturated heterocycles. The quantitative estimate of drug-likeness (QED) is 0.848. The third-order valence-corrected chi connectivity index (χ3v) is 3.28. The predicted octanol–water partition coefficient (Wildman–Crippen LogP) is 3.01. The highest BCUT2D eigenvalue weighted by molar-refractivity contribution is 5.85.